The fourth-order valence-electron chi connectivity index (χ4n) is 13.0. The zero-order valence-corrected chi connectivity index (χ0v) is 65.1. The lowest BCUT2D eigenvalue weighted by Crippen LogP contribution is -2.32. The molecule has 0 fully saturated rings. The van der Waals surface area contributed by atoms with Crippen molar-refractivity contribution in [2.45, 2.75) is 163 Å². The molecule has 6 heterocycles. The zero-order chi connectivity index (χ0) is 84.9. The molecule has 0 unspecified atom stereocenters. The average molecular weight is 1370 g/mol. The van der Waals surface area contributed by atoms with E-state index in [1.807, 2.05) is 99.2 Å². The first kappa shape index (κ1) is 63.2. The minimum Gasteiger partial charge on any atom is -0.201 e. The van der Waals surface area contributed by atoms with Gasteiger partial charge in [0.05, 0.1) is 0 Å². The number of pyridine rings is 6. The van der Waals surface area contributed by atoms with E-state index in [2.05, 4.69) is 232 Å². The minimum atomic E-state index is -2.35. The molecule has 0 saturated carbocycles. The van der Waals surface area contributed by atoms with Crippen LogP contribution in [0, 0.1) is 82.9 Å². The first-order chi connectivity index (χ1) is 53.2. The monoisotopic (exact) mass is 1370 g/mol. The molecule has 0 amide bonds. The predicted octanol–water partition coefficient (Wildman–Crippen LogP) is 20.1. The van der Waals surface area contributed by atoms with Gasteiger partial charge in [0, 0.05) is 120 Å². The molecular weight excluding hydrogens is 1240 g/mol. The number of benzene rings is 6. The third kappa shape index (κ3) is 20.3. The molecule has 0 aliphatic carbocycles. The molecule has 6 aromatic heterocycles. The molecule has 6 nitrogen and oxygen atoms in total. The van der Waals surface area contributed by atoms with Gasteiger partial charge in [-0.05, 0) is 224 Å². The Morgan fingerprint density at radius 1 is 0.225 bits per heavy atom. The van der Waals surface area contributed by atoms with Crippen LogP contribution >= 0.6 is 0 Å². The van der Waals surface area contributed by atoms with Crippen molar-refractivity contribution in [2.24, 2.45) is 42.3 Å². The molecule has 0 bridgehead atoms. The van der Waals surface area contributed by atoms with E-state index < -0.39 is 32.8 Å². The highest BCUT2D eigenvalue weighted by atomic mass is 14.9. The van der Waals surface area contributed by atoms with Crippen molar-refractivity contribution in [3.8, 4) is 67.5 Å². The quantitative estimate of drug-likeness (QED) is 0.109. The molecule has 0 aliphatic rings. The minimum absolute atomic E-state index is 0.0554. The Hall–Kier alpha value is -9.78. The Balaban J connectivity index is 0.000000190. The summed E-state index contributed by atoms with van der Waals surface area (Å²) in [7, 11) is 11.9. The highest BCUT2D eigenvalue weighted by molar-refractivity contribution is 5.66. The van der Waals surface area contributed by atoms with Crippen molar-refractivity contribution in [3.63, 3.8) is 0 Å². The van der Waals surface area contributed by atoms with Crippen LogP contribution < -0.4 is 27.4 Å². The van der Waals surface area contributed by atoms with E-state index in [9.17, 15) is 0 Å². The van der Waals surface area contributed by atoms with Crippen molar-refractivity contribution >= 4 is 0 Å². The topological polar surface area (TPSA) is 23.3 Å². The lowest BCUT2D eigenvalue weighted by molar-refractivity contribution is -0.661. The van der Waals surface area contributed by atoms with Gasteiger partial charge in [-0.15, -0.1) is 0 Å². The van der Waals surface area contributed by atoms with E-state index in [1.165, 1.54) is 121 Å². The number of rotatable bonds is 12. The molecule has 0 saturated heterocycles. The third-order valence-electron chi connectivity index (χ3n) is 19.3. The molecule has 12 aromatic rings. The van der Waals surface area contributed by atoms with Gasteiger partial charge in [0.1, 0.15) is 42.3 Å². The summed E-state index contributed by atoms with van der Waals surface area (Å²) in [5, 5.41) is 0. The summed E-state index contributed by atoms with van der Waals surface area (Å²) >= 11 is 0. The van der Waals surface area contributed by atoms with E-state index in [4.69, 9.17) is 16.4 Å². The van der Waals surface area contributed by atoms with Gasteiger partial charge in [-0.25, -0.2) is 27.4 Å². The van der Waals surface area contributed by atoms with Crippen LogP contribution in [0.4, 0.5) is 0 Å². The van der Waals surface area contributed by atoms with E-state index >= 15 is 0 Å². The summed E-state index contributed by atoms with van der Waals surface area (Å²) in [5.41, 5.74) is 31.7. The molecule has 0 radical (unpaired) electrons. The van der Waals surface area contributed by atoms with Crippen LogP contribution in [0.5, 0.6) is 0 Å². The molecule has 12 rings (SSSR count). The van der Waals surface area contributed by atoms with Gasteiger partial charge in [0.2, 0.25) is 34.2 Å². The summed E-state index contributed by atoms with van der Waals surface area (Å²) in [4.78, 5) is 0. The van der Waals surface area contributed by atoms with Gasteiger partial charge in [-0.1, -0.05) is 151 Å². The average Bonchev–Trinajstić information content (AvgIpc) is 0.775. The lowest BCUT2D eigenvalue weighted by atomic mass is 10.0. The number of aromatic nitrogens is 6. The van der Waals surface area contributed by atoms with Crippen molar-refractivity contribution < 1.29 is 43.9 Å². The molecule has 0 N–H and O–H groups in total. The first-order valence-electron chi connectivity index (χ1n) is 41.7. The summed E-state index contributed by atoms with van der Waals surface area (Å²) in [5.74, 6) is 0. The van der Waals surface area contributed by atoms with Gasteiger partial charge in [0.15, 0.2) is 37.2 Å². The van der Waals surface area contributed by atoms with Crippen LogP contribution in [0.1, 0.15) is 158 Å². The van der Waals surface area contributed by atoms with E-state index in [-0.39, 0.29) is 22.3 Å². The predicted molar refractivity (Wildman–Crippen MR) is 431 cm³/mol. The number of hydrogen-bond acceptors (Lipinski definition) is 0. The van der Waals surface area contributed by atoms with Crippen molar-refractivity contribution in [3.05, 3.63) is 319 Å². The molecule has 0 aliphatic heterocycles. The Bertz CT molecular complexity index is 5120. The number of hydrogen-bond donors (Lipinski definition) is 0. The van der Waals surface area contributed by atoms with Gasteiger partial charge < -0.3 is 0 Å². The van der Waals surface area contributed by atoms with Crippen LogP contribution in [0.3, 0.4) is 0 Å². The van der Waals surface area contributed by atoms with Crippen LogP contribution in [0.2, 0.25) is 0 Å². The second-order valence-electron chi connectivity index (χ2n) is 26.7. The van der Waals surface area contributed by atoms with Gasteiger partial charge >= 0.3 is 0 Å². The van der Waals surface area contributed by atoms with Crippen molar-refractivity contribution in [1.82, 2.24) is 0 Å². The summed E-state index contributed by atoms with van der Waals surface area (Å²) < 4.78 is 106. The largest absolute Gasteiger partial charge is 0.212 e. The number of nitrogens with zero attached hydrogens (tertiary/aromatic N) is 6. The molecular formula is C96H120N6+6. The smallest absolute Gasteiger partial charge is 0.201 e. The van der Waals surface area contributed by atoms with Crippen LogP contribution in [0.25, 0.3) is 67.5 Å². The summed E-state index contributed by atoms with van der Waals surface area (Å²) in [6.45, 7) is 27.4. The normalized spacial score (nSPS) is 13.0. The molecule has 528 valence electrons. The third-order valence-corrected chi connectivity index (χ3v) is 19.3. The lowest BCUT2D eigenvalue weighted by Gasteiger charge is -2.07. The Labute approximate surface area is 632 Å². The van der Waals surface area contributed by atoms with E-state index in [1.54, 1.807) is 42.3 Å². The van der Waals surface area contributed by atoms with Gasteiger partial charge in [-0.3, -0.25) is 0 Å². The molecule has 0 atom stereocenters. The molecule has 102 heavy (non-hydrogen) atoms. The maximum atomic E-state index is 7.98. The van der Waals surface area contributed by atoms with E-state index in [0.29, 0.717) is 0 Å². The van der Waals surface area contributed by atoms with Crippen molar-refractivity contribution in [1.29, 1.82) is 0 Å². The maximum absolute atomic E-state index is 7.98. The van der Waals surface area contributed by atoms with Crippen LogP contribution in [-0.4, -0.2) is 0 Å². The van der Waals surface area contributed by atoms with Crippen LogP contribution in [0.15, 0.2) is 219 Å². The Morgan fingerprint density at radius 2 is 0.431 bits per heavy atom. The Morgan fingerprint density at radius 3 is 0.667 bits per heavy atom. The van der Waals surface area contributed by atoms with Crippen LogP contribution in [-0.2, 0) is 80.7 Å². The second kappa shape index (κ2) is 37.8. The fraction of sp³-hybridized carbons (Fsp3) is 0.312. The van der Waals surface area contributed by atoms with E-state index in [0.717, 1.165) is 69.7 Å². The zero-order valence-electron chi connectivity index (χ0n) is 77.1. The van der Waals surface area contributed by atoms with Gasteiger partial charge in [-0.2, -0.15) is 0 Å². The summed E-state index contributed by atoms with van der Waals surface area (Å²) in [6, 6.07) is 61.8. The highest BCUT2D eigenvalue weighted by Gasteiger charge is 2.21. The standard InChI is InChI=1S/6C16H20N/c3*1-5-14-10-16(17(4)11-13(14)3)15-9-7-6-8-12(15)2;3*1-5-14-11-17(4)16(10-13(14)3)15-9-7-6-8-12(15)2/h6*6-11H,5H2,1-4H3/q6*+1/i2*3D3,5D2;;5D2;;. The maximum Gasteiger partial charge on any atom is 0.212 e. The molecule has 6 heteroatoms. The molecule has 6 aromatic carbocycles. The fourth-order valence-corrected chi connectivity index (χ4v) is 13.0. The highest BCUT2D eigenvalue weighted by Crippen LogP contribution is 2.28. The first-order valence-corrected chi connectivity index (χ1v) is 35.7. The van der Waals surface area contributed by atoms with Gasteiger partial charge in [0.25, 0.3) is 0 Å². The number of aryl methyl sites for hydroxylation is 24. The summed E-state index contributed by atoms with van der Waals surface area (Å²) in [6.07, 6.45) is 10.2. The Kier molecular flexibility index (Phi) is 23.4. The van der Waals surface area contributed by atoms with Crippen molar-refractivity contribution in [2.75, 3.05) is 0 Å². The second-order valence-corrected chi connectivity index (χ2v) is 26.7. The molecule has 0 spiro atoms. The SMILES string of the molecule is CCc1c[n+](C)c(-c2ccccc2C)cc1C.CCc1c[n+](C)c(-c2ccccc2C)cc1C.CCc1cc(-c2ccccc2C)[n+](C)cc1C.[2H]C([2H])(C)c1c[n+](C)c(-c2ccccc2C)cc1C.[2H]C([2H])([2H])c1c[n+](C)c(-c2ccccc2C)cc1C([2H])([2H])C.[2H]C([2H])([2H])c1c[n+](C)c(-c2ccccc2C)cc1C([2H])([2H])C.